The van der Waals surface area contributed by atoms with E-state index in [9.17, 15) is 5.11 Å². The predicted octanol–water partition coefficient (Wildman–Crippen LogP) is 1.36. The first-order chi connectivity index (χ1) is 8.44. The Morgan fingerprint density at radius 2 is 2.06 bits per heavy atom. The van der Waals surface area contributed by atoms with Gasteiger partial charge in [0.15, 0.2) is 0 Å². The lowest BCUT2D eigenvalue weighted by Crippen LogP contribution is -2.43. The number of ether oxygens (including phenoxy) is 1. The number of nitrogens with two attached hydrogens (primary N) is 1. The van der Waals surface area contributed by atoms with Gasteiger partial charge in [0.05, 0.1) is 13.7 Å². The van der Waals surface area contributed by atoms with Gasteiger partial charge in [0.2, 0.25) is 0 Å². The highest BCUT2D eigenvalue weighted by Crippen LogP contribution is 2.22. The Morgan fingerprint density at radius 3 is 2.56 bits per heavy atom. The zero-order valence-corrected chi connectivity index (χ0v) is 11.7. The van der Waals surface area contributed by atoms with Gasteiger partial charge in [0, 0.05) is 24.2 Å². The summed E-state index contributed by atoms with van der Waals surface area (Å²) in [6, 6.07) is 6.03. The van der Waals surface area contributed by atoms with E-state index in [0.717, 1.165) is 17.9 Å². The SMILES string of the molecule is COc1ccc(CN(C)C(C)(C)CO)cc1CN. The maximum atomic E-state index is 9.34. The molecule has 0 aliphatic carbocycles. The molecule has 4 heteroatoms. The molecular weight excluding hydrogens is 228 g/mol. The number of aliphatic hydroxyl groups excluding tert-OH is 1. The fourth-order valence-electron chi connectivity index (χ4n) is 1.70. The average molecular weight is 252 g/mol. The smallest absolute Gasteiger partial charge is 0.123 e. The Hall–Kier alpha value is -1.10. The van der Waals surface area contributed by atoms with Gasteiger partial charge in [-0.2, -0.15) is 0 Å². The highest BCUT2D eigenvalue weighted by Gasteiger charge is 2.22. The third-order valence-electron chi connectivity index (χ3n) is 3.40. The predicted molar refractivity (Wildman–Crippen MR) is 73.5 cm³/mol. The van der Waals surface area contributed by atoms with Crippen molar-refractivity contribution in [1.82, 2.24) is 4.90 Å². The maximum Gasteiger partial charge on any atom is 0.123 e. The second-order valence-electron chi connectivity index (χ2n) is 5.18. The van der Waals surface area contributed by atoms with Crippen LogP contribution in [0.3, 0.4) is 0 Å². The topological polar surface area (TPSA) is 58.7 Å². The van der Waals surface area contributed by atoms with Crippen LogP contribution in [0.15, 0.2) is 18.2 Å². The average Bonchev–Trinajstić information content (AvgIpc) is 2.38. The minimum Gasteiger partial charge on any atom is -0.496 e. The Kier molecular flexibility index (Phi) is 5.14. The van der Waals surface area contributed by atoms with Gasteiger partial charge in [0.1, 0.15) is 5.75 Å². The number of benzene rings is 1. The number of methoxy groups -OCH3 is 1. The van der Waals surface area contributed by atoms with Crippen LogP contribution >= 0.6 is 0 Å². The molecule has 0 aliphatic heterocycles. The molecule has 3 N–H and O–H groups in total. The van der Waals surface area contributed by atoms with Crippen LogP contribution in [-0.4, -0.2) is 36.3 Å². The third kappa shape index (κ3) is 3.45. The molecule has 0 radical (unpaired) electrons. The van der Waals surface area contributed by atoms with Crippen molar-refractivity contribution in [3.8, 4) is 5.75 Å². The number of hydrogen-bond acceptors (Lipinski definition) is 4. The monoisotopic (exact) mass is 252 g/mol. The molecule has 4 nitrogen and oxygen atoms in total. The van der Waals surface area contributed by atoms with Gasteiger partial charge >= 0.3 is 0 Å². The molecule has 1 rings (SSSR count). The molecule has 0 saturated heterocycles. The highest BCUT2D eigenvalue weighted by atomic mass is 16.5. The van der Waals surface area contributed by atoms with Crippen LogP contribution in [0.1, 0.15) is 25.0 Å². The first-order valence-electron chi connectivity index (χ1n) is 6.12. The minimum atomic E-state index is -0.233. The number of hydrogen-bond donors (Lipinski definition) is 2. The molecule has 1 aromatic carbocycles. The van der Waals surface area contributed by atoms with E-state index in [4.69, 9.17) is 10.5 Å². The minimum absolute atomic E-state index is 0.128. The Labute approximate surface area is 109 Å². The van der Waals surface area contributed by atoms with Crippen LogP contribution in [0, 0.1) is 0 Å². The van der Waals surface area contributed by atoms with Crippen LogP contribution in [-0.2, 0) is 13.1 Å². The molecular formula is C14H24N2O2. The van der Waals surface area contributed by atoms with Gasteiger partial charge in [-0.15, -0.1) is 0 Å². The zero-order valence-electron chi connectivity index (χ0n) is 11.7. The largest absolute Gasteiger partial charge is 0.496 e. The van der Waals surface area contributed by atoms with Gasteiger partial charge in [-0.25, -0.2) is 0 Å². The molecule has 0 spiro atoms. The molecule has 0 heterocycles. The summed E-state index contributed by atoms with van der Waals surface area (Å²) >= 11 is 0. The van der Waals surface area contributed by atoms with Crippen molar-refractivity contribution < 1.29 is 9.84 Å². The van der Waals surface area contributed by atoms with Gasteiger partial charge in [0.25, 0.3) is 0 Å². The first-order valence-corrected chi connectivity index (χ1v) is 6.12. The van der Waals surface area contributed by atoms with E-state index in [2.05, 4.69) is 11.0 Å². The molecule has 18 heavy (non-hydrogen) atoms. The molecule has 0 bridgehead atoms. The second kappa shape index (κ2) is 6.18. The number of likely N-dealkylation sites (N-methyl/N-ethyl adjacent to an activating group) is 1. The zero-order chi connectivity index (χ0) is 13.8. The molecule has 0 unspecified atom stereocenters. The summed E-state index contributed by atoms with van der Waals surface area (Å²) < 4.78 is 5.25. The van der Waals surface area contributed by atoms with E-state index in [1.807, 2.05) is 33.0 Å². The van der Waals surface area contributed by atoms with Gasteiger partial charge in [-0.1, -0.05) is 6.07 Å². The molecule has 0 amide bonds. The van der Waals surface area contributed by atoms with Crippen molar-refractivity contribution in [1.29, 1.82) is 0 Å². The third-order valence-corrected chi connectivity index (χ3v) is 3.40. The van der Waals surface area contributed by atoms with E-state index >= 15 is 0 Å². The summed E-state index contributed by atoms with van der Waals surface area (Å²) in [6.07, 6.45) is 0. The normalized spacial score (nSPS) is 11.9. The highest BCUT2D eigenvalue weighted by molar-refractivity contribution is 5.37. The van der Waals surface area contributed by atoms with Crippen molar-refractivity contribution in [2.45, 2.75) is 32.5 Å². The second-order valence-corrected chi connectivity index (χ2v) is 5.18. The molecule has 0 aromatic heterocycles. The fraction of sp³-hybridized carbons (Fsp3) is 0.571. The number of rotatable bonds is 6. The lowest BCUT2D eigenvalue weighted by Gasteiger charge is -2.34. The molecule has 0 fully saturated rings. The summed E-state index contributed by atoms with van der Waals surface area (Å²) in [6.45, 7) is 5.39. The first kappa shape index (κ1) is 15.0. The lowest BCUT2D eigenvalue weighted by molar-refractivity contribution is 0.0734. The van der Waals surface area contributed by atoms with E-state index in [-0.39, 0.29) is 12.1 Å². The van der Waals surface area contributed by atoms with E-state index < -0.39 is 0 Å². The van der Waals surface area contributed by atoms with Gasteiger partial charge in [-0.3, -0.25) is 4.90 Å². The lowest BCUT2D eigenvalue weighted by atomic mass is 10.0. The van der Waals surface area contributed by atoms with Crippen molar-refractivity contribution >= 4 is 0 Å². The van der Waals surface area contributed by atoms with Crippen LogP contribution in [0.2, 0.25) is 0 Å². The molecule has 102 valence electrons. The Balaban J connectivity index is 2.86. The Morgan fingerprint density at radius 1 is 1.39 bits per heavy atom. The fourth-order valence-corrected chi connectivity index (χ4v) is 1.70. The summed E-state index contributed by atoms with van der Waals surface area (Å²) in [5.74, 6) is 0.824. The summed E-state index contributed by atoms with van der Waals surface area (Å²) in [7, 11) is 3.65. The maximum absolute atomic E-state index is 9.34. The number of aliphatic hydroxyl groups is 1. The molecule has 0 aliphatic rings. The standard InChI is InChI=1S/C14H24N2O2/c1-14(2,10-17)16(3)9-11-5-6-13(18-4)12(7-11)8-15/h5-7,17H,8-10,15H2,1-4H3. The Bertz CT molecular complexity index is 391. The van der Waals surface area contributed by atoms with Crippen molar-refractivity contribution in [3.63, 3.8) is 0 Å². The van der Waals surface area contributed by atoms with Crippen LogP contribution < -0.4 is 10.5 Å². The quantitative estimate of drug-likeness (QED) is 0.802. The van der Waals surface area contributed by atoms with Crippen LogP contribution in [0.4, 0.5) is 0 Å². The van der Waals surface area contributed by atoms with Gasteiger partial charge < -0.3 is 15.6 Å². The summed E-state index contributed by atoms with van der Waals surface area (Å²) in [5.41, 5.74) is 7.64. The molecule has 1 aromatic rings. The van der Waals surface area contributed by atoms with Crippen LogP contribution in [0.5, 0.6) is 5.75 Å². The van der Waals surface area contributed by atoms with Gasteiger partial charge in [-0.05, 0) is 38.6 Å². The van der Waals surface area contributed by atoms with E-state index in [1.54, 1.807) is 7.11 Å². The van der Waals surface area contributed by atoms with E-state index in [1.165, 1.54) is 5.56 Å². The summed E-state index contributed by atoms with van der Waals surface area (Å²) in [5, 5.41) is 9.34. The van der Waals surface area contributed by atoms with E-state index in [0.29, 0.717) is 6.54 Å². The molecule has 0 saturated carbocycles. The number of nitrogens with zero attached hydrogens (tertiary/aromatic N) is 1. The van der Waals surface area contributed by atoms with Crippen LogP contribution in [0.25, 0.3) is 0 Å². The van der Waals surface area contributed by atoms with Crippen molar-refractivity contribution in [2.24, 2.45) is 5.73 Å². The summed E-state index contributed by atoms with van der Waals surface area (Å²) in [4.78, 5) is 2.12. The molecule has 0 atom stereocenters. The van der Waals surface area contributed by atoms with Crippen molar-refractivity contribution in [3.05, 3.63) is 29.3 Å². The van der Waals surface area contributed by atoms with Crippen molar-refractivity contribution in [2.75, 3.05) is 20.8 Å².